The maximum atomic E-state index is 12.1. The summed E-state index contributed by atoms with van der Waals surface area (Å²) in [6.45, 7) is 3.67. The molecule has 2 aliphatic rings. The minimum Gasteiger partial charge on any atom is -0.314 e. The van der Waals surface area contributed by atoms with Gasteiger partial charge in [0.1, 0.15) is 0 Å². The smallest absolute Gasteiger partial charge is 0.314 e. The molecule has 106 valence electrons. The van der Waals surface area contributed by atoms with Crippen molar-refractivity contribution in [3.05, 3.63) is 0 Å². The first-order valence-electron chi connectivity index (χ1n) is 6.69. The largest absolute Gasteiger partial charge is 0.441 e. The highest BCUT2D eigenvalue weighted by Crippen LogP contribution is 2.37. The van der Waals surface area contributed by atoms with Crippen molar-refractivity contribution in [1.82, 2.24) is 10.2 Å². The van der Waals surface area contributed by atoms with Gasteiger partial charge in [0, 0.05) is 30.4 Å². The number of hydrogen-bond donors (Lipinski definition) is 1. The van der Waals surface area contributed by atoms with E-state index >= 15 is 0 Å². The van der Waals surface area contributed by atoms with Gasteiger partial charge in [0.25, 0.3) is 0 Å². The summed E-state index contributed by atoms with van der Waals surface area (Å²) < 4.78 is 36.3. The second kappa shape index (κ2) is 6.01. The predicted octanol–water partition coefficient (Wildman–Crippen LogP) is 2.84. The Morgan fingerprint density at radius 1 is 1.22 bits per heavy atom. The second-order valence-corrected chi connectivity index (χ2v) is 6.30. The van der Waals surface area contributed by atoms with E-state index in [1.54, 1.807) is 0 Å². The lowest BCUT2D eigenvalue weighted by atomic mass is 9.97. The first-order valence-corrected chi connectivity index (χ1v) is 7.68. The van der Waals surface area contributed by atoms with Gasteiger partial charge in [-0.1, -0.05) is 6.92 Å². The standard InChI is InChI=1S/C12H21F3N2S/c1-2-16-9-7-10-3-4-11(8-9)17(10)5-6-18-12(13,14)15/h9-11,16H,2-8H2,1H3. The van der Waals surface area contributed by atoms with Gasteiger partial charge in [0.2, 0.25) is 0 Å². The molecule has 2 nitrogen and oxygen atoms in total. The van der Waals surface area contributed by atoms with Crippen molar-refractivity contribution in [1.29, 1.82) is 0 Å². The van der Waals surface area contributed by atoms with Crippen LogP contribution < -0.4 is 5.32 Å². The Morgan fingerprint density at radius 2 is 1.83 bits per heavy atom. The van der Waals surface area contributed by atoms with Gasteiger partial charge >= 0.3 is 5.51 Å². The lowest BCUT2D eigenvalue weighted by Crippen LogP contribution is -2.49. The van der Waals surface area contributed by atoms with Crippen LogP contribution in [0.5, 0.6) is 0 Å². The van der Waals surface area contributed by atoms with Crippen molar-refractivity contribution in [2.24, 2.45) is 0 Å². The van der Waals surface area contributed by atoms with Gasteiger partial charge in [-0.05, 0) is 44.0 Å². The van der Waals surface area contributed by atoms with Crippen LogP contribution in [0, 0.1) is 0 Å². The Kier molecular flexibility index (Phi) is 4.83. The van der Waals surface area contributed by atoms with Gasteiger partial charge in [-0.3, -0.25) is 4.90 Å². The molecule has 2 unspecified atom stereocenters. The van der Waals surface area contributed by atoms with Crippen LogP contribution in [-0.4, -0.2) is 47.4 Å². The fourth-order valence-corrected chi connectivity index (χ4v) is 3.89. The first kappa shape index (κ1) is 14.5. The molecule has 2 aliphatic heterocycles. The molecule has 0 aliphatic carbocycles. The first-order chi connectivity index (χ1) is 8.49. The molecule has 2 rings (SSSR count). The molecule has 2 saturated heterocycles. The van der Waals surface area contributed by atoms with Crippen molar-refractivity contribution in [3.8, 4) is 0 Å². The number of nitrogens with one attached hydrogen (secondary N) is 1. The summed E-state index contributed by atoms with van der Waals surface area (Å²) in [5, 5.41) is 3.47. The summed E-state index contributed by atoms with van der Waals surface area (Å²) in [5.74, 6) is 0.169. The van der Waals surface area contributed by atoms with E-state index in [0.29, 0.717) is 24.7 Å². The Hall–Kier alpha value is 0.0600. The van der Waals surface area contributed by atoms with Crippen molar-refractivity contribution in [3.63, 3.8) is 0 Å². The SMILES string of the molecule is CCNC1CC2CCC(C1)N2CCSC(F)(F)F. The van der Waals surface area contributed by atoms with E-state index in [1.165, 1.54) is 0 Å². The Labute approximate surface area is 111 Å². The fraction of sp³-hybridized carbons (Fsp3) is 1.00. The molecular formula is C12H21F3N2S. The Morgan fingerprint density at radius 3 is 2.33 bits per heavy atom. The van der Waals surface area contributed by atoms with Gasteiger partial charge in [-0.25, -0.2) is 0 Å². The molecule has 18 heavy (non-hydrogen) atoms. The molecule has 0 spiro atoms. The minimum atomic E-state index is -4.08. The monoisotopic (exact) mass is 282 g/mol. The van der Waals surface area contributed by atoms with Crippen LogP contribution >= 0.6 is 11.8 Å². The number of piperidine rings is 1. The topological polar surface area (TPSA) is 15.3 Å². The molecule has 0 amide bonds. The summed E-state index contributed by atoms with van der Waals surface area (Å²) >= 11 is 0.113. The summed E-state index contributed by atoms with van der Waals surface area (Å²) in [5.41, 5.74) is -4.08. The van der Waals surface area contributed by atoms with Gasteiger partial charge in [-0.15, -0.1) is 0 Å². The van der Waals surface area contributed by atoms with E-state index < -0.39 is 5.51 Å². The number of alkyl halides is 3. The second-order valence-electron chi connectivity index (χ2n) is 5.14. The third-order valence-corrected chi connectivity index (χ3v) is 4.71. The molecule has 2 atom stereocenters. The van der Waals surface area contributed by atoms with Crippen molar-refractivity contribution in [2.75, 3.05) is 18.8 Å². The Balaban J connectivity index is 1.78. The summed E-state index contributed by atoms with van der Waals surface area (Å²) in [7, 11) is 0. The molecule has 0 radical (unpaired) electrons. The highest BCUT2D eigenvalue weighted by atomic mass is 32.2. The van der Waals surface area contributed by atoms with E-state index in [2.05, 4.69) is 17.1 Å². The highest BCUT2D eigenvalue weighted by molar-refractivity contribution is 8.00. The van der Waals surface area contributed by atoms with Crippen LogP contribution in [0.1, 0.15) is 32.6 Å². The molecule has 2 fully saturated rings. The van der Waals surface area contributed by atoms with Crippen LogP contribution in [-0.2, 0) is 0 Å². The van der Waals surface area contributed by atoms with E-state index in [0.717, 1.165) is 32.2 Å². The van der Waals surface area contributed by atoms with E-state index in [4.69, 9.17) is 0 Å². The van der Waals surface area contributed by atoms with Crippen LogP contribution in [0.25, 0.3) is 0 Å². The zero-order valence-corrected chi connectivity index (χ0v) is 11.5. The molecule has 2 heterocycles. The number of halogens is 3. The van der Waals surface area contributed by atoms with E-state index in [9.17, 15) is 13.2 Å². The van der Waals surface area contributed by atoms with Crippen LogP contribution in [0.2, 0.25) is 0 Å². The number of fused-ring (bicyclic) bond motifs is 2. The fourth-order valence-electron chi connectivity index (χ4n) is 3.36. The Bertz CT molecular complexity index is 259. The van der Waals surface area contributed by atoms with E-state index in [1.807, 2.05) is 0 Å². The number of rotatable bonds is 5. The quantitative estimate of drug-likeness (QED) is 0.835. The average Bonchev–Trinajstić information content (AvgIpc) is 2.51. The van der Waals surface area contributed by atoms with Crippen LogP contribution in [0.15, 0.2) is 0 Å². The zero-order chi connectivity index (χ0) is 13.2. The maximum Gasteiger partial charge on any atom is 0.441 e. The van der Waals surface area contributed by atoms with Gasteiger partial charge in [0.05, 0.1) is 0 Å². The normalized spacial score (nSPS) is 33.0. The molecule has 0 aromatic carbocycles. The van der Waals surface area contributed by atoms with E-state index in [-0.39, 0.29) is 17.5 Å². The average molecular weight is 282 g/mol. The van der Waals surface area contributed by atoms with Gasteiger partial charge in [0.15, 0.2) is 0 Å². The summed E-state index contributed by atoms with van der Waals surface area (Å²) in [4.78, 5) is 2.31. The molecule has 6 heteroatoms. The summed E-state index contributed by atoms with van der Waals surface area (Å²) in [6.07, 6.45) is 4.51. The third kappa shape index (κ3) is 3.78. The zero-order valence-electron chi connectivity index (χ0n) is 10.7. The van der Waals surface area contributed by atoms with Crippen molar-refractivity contribution in [2.45, 2.75) is 56.2 Å². The molecule has 0 aromatic rings. The highest BCUT2D eigenvalue weighted by Gasteiger charge is 2.40. The maximum absolute atomic E-state index is 12.1. The molecule has 0 saturated carbocycles. The van der Waals surface area contributed by atoms with Crippen LogP contribution in [0.3, 0.4) is 0 Å². The minimum absolute atomic E-state index is 0.113. The summed E-state index contributed by atoms with van der Waals surface area (Å²) in [6, 6.07) is 1.57. The predicted molar refractivity (Wildman–Crippen MR) is 68.7 cm³/mol. The number of hydrogen-bond acceptors (Lipinski definition) is 3. The van der Waals surface area contributed by atoms with Gasteiger partial charge < -0.3 is 5.32 Å². The molecular weight excluding hydrogens is 261 g/mol. The van der Waals surface area contributed by atoms with Crippen molar-refractivity contribution < 1.29 is 13.2 Å². The van der Waals surface area contributed by atoms with Gasteiger partial charge in [-0.2, -0.15) is 13.2 Å². The van der Waals surface area contributed by atoms with Crippen molar-refractivity contribution >= 4 is 11.8 Å². The van der Waals surface area contributed by atoms with Crippen LogP contribution in [0.4, 0.5) is 13.2 Å². The number of nitrogens with zero attached hydrogens (tertiary/aromatic N) is 1. The molecule has 0 aromatic heterocycles. The lowest BCUT2D eigenvalue weighted by molar-refractivity contribution is -0.0330. The molecule has 2 bridgehead atoms. The number of thioether (sulfide) groups is 1. The lowest BCUT2D eigenvalue weighted by Gasteiger charge is -2.39. The third-order valence-electron chi connectivity index (χ3n) is 3.99. The molecule has 1 N–H and O–H groups in total.